The second-order valence-electron chi connectivity index (χ2n) is 4.97. The summed E-state index contributed by atoms with van der Waals surface area (Å²) in [5.74, 6) is 0.611. The monoisotopic (exact) mass is 308 g/mol. The topological polar surface area (TPSA) is 77.1 Å². The molecule has 1 fully saturated rings. The average molecular weight is 308 g/mol. The number of cyclic esters (lactones) is 1. The Balaban J connectivity index is 1.94. The van der Waals surface area contributed by atoms with Gasteiger partial charge in [0.2, 0.25) is 0 Å². The number of carbonyl (C=O) groups excluding carboxylic acids is 2. The van der Waals surface area contributed by atoms with Crippen LogP contribution in [0.15, 0.2) is 18.2 Å². The molecule has 22 heavy (non-hydrogen) atoms. The molecular formula is C15H20N2O5. The Kier molecular flexibility index (Phi) is 5.08. The Hall–Kier alpha value is -2.44. The number of amides is 2. The van der Waals surface area contributed by atoms with Crippen molar-refractivity contribution in [2.75, 3.05) is 34.4 Å². The largest absolute Gasteiger partial charge is 0.496 e. The second kappa shape index (κ2) is 7.02. The van der Waals surface area contributed by atoms with Gasteiger partial charge in [-0.25, -0.2) is 4.79 Å². The molecule has 1 unspecified atom stereocenters. The van der Waals surface area contributed by atoms with Crippen molar-refractivity contribution >= 4 is 12.0 Å². The van der Waals surface area contributed by atoms with Crippen LogP contribution in [-0.2, 0) is 4.74 Å². The van der Waals surface area contributed by atoms with E-state index in [9.17, 15) is 9.59 Å². The third-order valence-corrected chi connectivity index (χ3v) is 3.46. The molecule has 1 aromatic carbocycles. The summed E-state index contributed by atoms with van der Waals surface area (Å²) in [6.45, 7) is 0.929. The highest BCUT2D eigenvalue weighted by Gasteiger charge is 2.28. The number of nitrogens with one attached hydrogen (secondary N) is 1. The first-order valence-corrected chi connectivity index (χ1v) is 6.97. The Morgan fingerprint density at radius 2 is 2.00 bits per heavy atom. The number of likely N-dealkylation sites (N-methyl/N-ethyl adjacent to an activating group) is 1. The number of rotatable bonds is 6. The van der Waals surface area contributed by atoms with E-state index < -0.39 is 0 Å². The summed E-state index contributed by atoms with van der Waals surface area (Å²) in [4.78, 5) is 25.1. The van der Waals surface area contributed by atoms with E-state index in [4.69, 9.17) is 14.2 Å². The van der Waals surface area contributed by atoms with E-state index in [-0.39, 0.29) is 18.1 Å². The van der Waals surface area contributed by atoms with Crippen molar-refractivity contribution in [3.05, 3.63) is 23.8 Å². The standard InChI is InChI=1S/C15H20N2O5/c1-17-9-10(22-15(17)19)7-8-16-14(18)13-11(20-2)5-4-6-12(13)21-3/h4-6,10H,7-9H2,1-3H3,(H,16,18). The van der Waals surface area contributed by atoms with E-state index in [0.29, 0.717) is 36.6 Å². The van der Waals surface area contributed by atoms with Crippen LogP contribution in [0, 0.1) is 0 Å². The molecule has 1 N–H and O–H groups in total. The van der Waals surface area contributed by atoms with E-state index in [1.54, 1.807) is 25.2 Å². The quantitative estimate of drug-likeness (QED) is 0.856. The molecule has 0 aromatic heterocycles. The Labute approximate surface area is 129 Å². The fourth-order valence-electron chi connectivity index (χ4n) is 2.31. The summed E-state index contributed by atoms with van der Waals surface area (Å²) in [6.07, 6.45) is 0.0272. The third-order valence-electron chi connectivity index (χ3n) is 3.46. The van der Waals surface area contributed by atoms with Gasteiger partial charge in [0.05, 0.1) is 20.8 Å². The molecule has 0 aliphatic carbocycles. The van der Waals surface area contributed by atoms with Gasteiger partial charge in [0.1, 0.15) is 23.2 Å². The van der Waals surface area contributed by atoms with Crippen molar-refractivity contribution in [1.29, 1.82) is 0 Å². The predicted octanol–water partition coefficient (Wildman–Crippen LogP) is 1.27. The molecule has 7 nitrogen and oxygen atoms in total. The van der Waals surface area contributed by atoms with Gasteiger partial charge in [-0.1, -0.05) is 6.07 Å². The summed E-state index contributed by atoms with van der Waals surface area (Å²) in [7, 11) is 4.68. The van der Waals surface area contributed by atoms with E-state index in [0.717, 1.165) is 0 Å². The average Bonchev–Trinajstić information content (AvgIpc) is 2.84. The Morgan fingerprint density at radius 3 is 2.50 bits per heavy atom. The molecular weight excluding hydrogens is 288 g/mol. The van der Waals surface area contributed by atoms with Crippen molar-refractivity contribution < 1.29 is 23.8 Å². The van der Waals surface area contributed by atoms with Crippen LogP contribution >= 0.6 is 0 Å². The highest BCUT2D eigenvalue weighted by molar-refractivity contribution is 5.99. The molecule has 1 heterocycles. The number of ether oxygens (including phenoxy) is 3. The van der Waals surface area contributed by atoms with Crippen LogP contribution in [0.4, 0.5) is 4.79 Å². The van der Waals surface area contributed by atoms with Gasteiger partial charge in [0.25, 0.3) is 5.91 Å². The first-order valence-electron chi connectivity index (χ1n) is 6.97. The fourth-order valence-corrected chi connectivity index (χ4v) is 2.31. The zero-order valence-corrected chi connectivity index (χ0v) is 12.9. The van der Waals surface area contributed by atoms with E-state index in [1.165, 1.54) is 19.1 Å². The molecule has 1 aromatic rings. The SMILES string of the molecule is COc1cccc(OC)c1C(=O)NCCC1CN(C)C(=O)O1. The van der Waals surface area contributed by atoms with Crippen LogP contribution in [0.2, 0.25) is 0 Å². The normalized spacial score (nSPS) is 17.1. The number of hydrogen-bond acceptors (Lipinski definition) is 5. The smallest absolute Gasteiger partial charge is 0.409 e. The summed E-state index contributed by atoms with van der Waals surface area (Å²) >= 11 is 0. The predicted molar refractivity (Wildman–Crippen MR) is 79.4 cm³/mol. The first-order chi connectivity index (χ1) is 10.6. The van der Waals surface area contributed by atoms with Gasteiger partial charge in [-0.3, -0.25) is 4.79 Å². The zero-order valence-electron chi connectivity index (χ0n) is 12.9. The van der Waals surface area contributed by atoms with Gasteiger partial charge in [0.15, 0.2) is 0 Å². The van der Waals surface area contributed by atoms with Gasteiger partial charge >= 0.3 is 6.09 Å². The maximum atomic E-state index is 12.3. The van der Waals surface area contributed by atoms with Crippen LogP contribution in [0.25, 0.3) is 0 Å². The number of nitrogens with zero attached hydrogens (tertiary/aromatic N) is 1. The molecule has 2 rings (SSSR count). The summed E-state index contributed by atoms with van der Waals surface area (Å²) in [5, 5.41) is 2.80. The van der Waals surface area contributed by atoms with Crippen LogP contribution in [-0.4, -0.2) is 57.4 Å². The molecule has 2 amide bonds. The van der Waals surface area contributed by atoms with Crippen molar-refractivity contribution in [3.8, 4) is 11.5 Å². The fraction of sp³-hybridized carbons (Fsp3) is 0.467. The minimum absolute atomic E-state index is 0.197. The van der Waals surface area contributed by atoms with Gasteiger partial charge in [-0.15, -0.1) is 0 Å². The lowest BCUT2D eigenvalue weighted by Gasteiger charge is -2.13. The number of carbonyl (C=O) groups is 2. The molecule has 0 bridgehead atoms. The van der Waals surface area contributed by atoms with E-state index in [2.05, 4.69) is 5.32 Å². The number of benzene rings is 1. The first kappa shape index (κ1) is 15.9. The maximum absolute atomic E-state index is 12.3. The molecule has 120 valence electrons. The van der Waals surface area contributed by atoms with Crippen molar-refractivity contribution in [2.24, 2.45) is 0 Å². The van der Waals surface area contributed by atoms with Crippen molar-refractivity contribution in [1.82, 2.24) is 10.2 Å². The molecule has 0 saturated carbocycles. The van der Waals surface area contributed by atoms with Crippen LogP contribution in [0.5, 0.6) is 11.5 Å². The number of methoxy groups -OCH3 is 2. The zero-order chi connectivity index (χ0) is 16.1. The molecule has 1 atom stereocenters. The van der Waals surface area contributed by atoms with E-state index in [1.807, 2.05) is 0 Å². The van der Waals surface area contributed by atoms with Gasteiger partial charge in [-0.05, 0) is 12.1 Å². The summed E-state index contributed by atoms with van der Waals surface area (Å²) in [5.41, 5.74) is 0.355. The van der Waals surface area contributed by atoms with Crippen molar-refractivity contribution in [2.45, 2.75) is 12.5 Å². The molecule has 0 radical (unpaired) electrons. The Bertz CT molecular complexity index is 539. The van der Waals surface area contributed by atoms with Crippen LogP contribution in [0.1, 0.15) is 16.8 Å². The van der Waals surface area contributed by atoms with Gasteiger partial charge in [0, 0.05) is 20.0 Å². The molecule has 1 aliphatic rings. The highest BCUT2D eigenvalue weighted by atomic mass is 16.6. The lowest BCUT2D eigenvalue weighted by Crippen LogP contribution is -2.29. The lowest BCUT2D eigenvalue weighted by molar-refractivity contribution is 0.0938. The third kappa shape index (κ3) is 3.41. The number of hydrogen-bond donors (Lipinski definition) is 1. The Morgan fingerprint density at radius 1 is 1.36 bits per heavy atom. The summed E-state index contributed by atoms with van der Waals surface area (Å²) < 4.78 is 15.5. The van der Waals surface area contributed by atoms with E-state index >= 15 is 0 Å². The lowest BCUT2D eigenvalue weighted by atomic mass is 10.1. The van der Waals surface area contributed by atoms with Crippen LogP contribution < -0.4 is 14.8 Å². The molecule has 0 spiro atoms. The molecule has 1 aliphatic heterocycles. The minimum Gasteiger partial charge on any atom is -0.496 e. The van der Waals surface area contributed by atoms with Crippen molar-refractivity contribution in [3.63, 3.8) is 0 Å². The highest BCUT2D eigenvalue weighted by Crippen LogP contribution is 2.27. The van der Waals surface area contributed by atoms with Crippen LogP contribution in [0.3, 0.4) is 0 Å². The minimum atomic E-state index is -0.331. The van der Waals surface area contributed by atoms with Gasteiger partial charge in [-0.2, -0.15) is 0 Å². The molecule has 1 saturated heterocycles. The second-order valence-corrected chi connectivity index (χ2v) is 4.97. The summed E-state index contributed by atoms with van der Waals surface area (Å²) in [6, 6.07) is 5.15. The van der Waals surface area contributed by atoms with Gasteiger partial charge < -0.3 is 24.4 Å². The molecule has 7 heteroatoms. The maximum Gasteiger partial charge on any atom is 0.409 e.